The number of carbonyl (C=O) groups excluding carboxylic acids is 2. The molecule has 2 heterocycles. The number of nitrogens with zero attached hydrogens (tertiary/aromatic N) is 3. The summed E-state index contributed by atoms with van der Waals surface area (Å²) in [6.45, 7) is 5.33. The third-order valence-corrected chi connectivity index (χ3v) is 4.48. The summed E-state index contributed by atoms with van der Waals surface area (Å²) in [5, 5.41) is 0. The number of amides is 2. The number of anilines is 1. The number of hydrogen-bond donors (Lipinski definition) is 0. The number of carbonyl (C=O) groups is 2. The lowest BCUT2D eigenvalue weighted by Gasteiger charge is -2.35. The molecule has 132 valence electrons. The normalized spacial score (nSPS) is 14.4. The highest BCUT2D eigenvalue weighted by atomic mass is 16.3. The lowest BCUT2D eigenvalue weighted by molar-refractivity contribution is -0.131. The molecule has 1 saturated heterocycles. The van der Waals surface area contributed by atoms with Crippen molar-refractivity contribution in [1.82, 2.24) is 9.80 Å². The molecule has 6 nitrogen and oxygen atoms in total. The minimum atomic E-state index is -0.114. The van der Waals surface area contributed by atoms with E-state index in [2.05, 4.69) is 4.90 Å². The molecular weight excluding hydrogens is 318 g/mol. The van der Waals surface area contributed by atoms with Crippen LogP contribution in [0.4, 0.5) is 5.69 Å². The number of furan rings is 1. The van der Waals surface area contributed by atoms with Gasteiger partial charge in [0, 0.05) is 38.4 Å². The first-order valence-corrected chi connectivity index (χ1v) is 8.59. The molecule has 2 aromatic rings. The zero-order valence-corrected chi connectivity index (χ0v) is 14.4. The van der Waals surface area contributed by atoms with Gasteiger partial charge in [-0.15, -0.1) is 0 Å². The molecule has 0 spiro atoms. The van der Waals surface area contributed by atoms with Gasteiger partial charge in [0.25, 0.3) is 5.91 Å². The van der Waals surface area contributed by atoms with E-state index < -0.39 is 0 Å². The first-order chi connectivity index (χ1) is 12.2. The van der Waals surface area contributed by atoms with E-state index in [0.717, 1.165) is 12.2 Å². The van der Waals surface area contributed by atoms with Crippen molar-refractivity contribution in [1.29, 1.82) is 0 Å². The summed E-state index contributed by atoms with van der Waals surface area (Å²) in [6.07, 6.45) is 1.50. The van der Waals surface area contributed by atoms with Crippen molar-refractivity contribution in [2.24, 2.45) is 0 Å². The van der Waals surface area contributed by atoms with Crippen LogP contribution in [-0.4, -0.2) is 60.9 Å². The zero-order valence-electron chi connectivity index (χ0n) is 14.4. The third-order valence-electron chi connectivity index (χ3n) is 4.48. The van der Waals surface area contributed by atoms with Gasteiger partial charge in [0.1, 0.15) is 0 Å². The summed E-state index contributed by atoms with van der Waals surface area (Å²) < 4.78 is 5.16. The third kappa shape index (κ3) is 4.02. The molecule has 0 N–H and O–H groups in total. The standard InChI is InChI=1S/C19H23N3O3/c1-2-20(16-7-4-3-5-8-16)15-18(23)21-10-12-22(13-11-21)19(24)17-9-6-14-25-17/h3-9,14H,2,10-13,15H2,1H3. The average molecular weight is 341 g/mol. The minimum Gasteiger partial charge on any atom is -0.459 e. The lowest BCUT2D eigenvalue weighted by atomic mass is 10.2. The van der Waals surface area contributed by atoms with Crippen LogP contribution in [0.3, 0.4) is 0 Å². The number of para-hydroxylation sites is 1. The lowest BCUT2D eigenvalue weighted by Crippen LogP contribution is -2.52. The Morgan fingerprint density at radius 1 is 1.00 bits per heavy atom. The molecule has 1 aliphatic rings. The molecule has 25 heavy (non-hydrogen) atoms. The van der Waals surface area contributed by atoms with Gasteiger partial charge in [-0.25, -0.2) is 0 Å². The van der Waals surface area contributed by atoms with E-state index in [4.69, 9.17) is 4.42 Å². The topological polar surface area (TPSA) is 57.0 Å². The first-order valence-electron chi connectivity index (χ1n) is 8.59. The van der Waals surface area contributed by atoms with Gasteiger partial charge in [-0.1, -0.05) is 18.2 Å². The van der Waals surface area contributed by atoms with Gasteiger partial charge in [0.05, 0.1) is 12.8 Å². The SMILES string of the molecule is CCN(CC(=O)N1CCN(C(=O)c2ccco2)CC1)c1ccccc1. The number of likely N-dealkylation sites (N-methyl/N-ethyl adjacent to an activating group) is 1. The van der Waals surface area contributed by atoms with Gasteiger partial charge in [-0.05, 0) is 31.2 Å². The fourth-order valence-corrected chi connectivity index (χ4v) is 3.00. The van der Waals surface area contributed by atoms with Crippen LogP contribution in [0.5, 0.6) is 0 Å². The highest BCUT2D eigenvalue weighted by molar-refractivity contribution is 5.91. The molecule has 0 atom stereocenters. The molecule has 6 heteroatoms. The van der Waals surface area contributed by atoms with Gasteiger partial charge in [-0.2, -0.15) is 0 Å². The number of benzene rings is 1. The van der Waals surface area contributed by atoms with E-state index in [1.54, 1.807) is 17.0 Å². The Labute approximate surface area is 147 Å². The highest BCUT2D eigenvalue weighted by Crippen LogP contribution is 2.14. The fraction of sp³-hybridized carbons (Fsp3) is 0.368. The van der Waals surface area contributed by atoms with Gasteiger partial charge >= 0.3 is 0 Å². The Bertz CT molecular complexity index is 692. The van der Waals surface area contributed by atoms with Crippen molar-refractivity contribution in [3.05, 3.63) is 54.5 Å². The van der Waals surface area contributed by atoms with Gasteiger partial charge in [-0.3, -0.25) is 9.59 Å². The molecule has 1 aliphatic heterocycles. The van der Waals surface area contributed by atoms with Crippen molar-refractivity contribution in [3.8, 4) is 0 Å². The summed E-state index contributed by atoms with van der Waals surface area (Å²) in [4.78, 5) is 30.5. The second kappa shape index (κ2) is 7.88. The molecule has 0 bridgehead atoms. The van der Waals surface area contributed by atoms with E-state index in [1.807, 2.05) is 42.2 Å². The summed E-state index contributed by atoms with van der Waals surface area (Å²) in [6, 6.07) is 13.3. The average Bonchev–Trinajstić information content (AvgIpc) is 3.21. The molecule has 0 aliphatic carbocycles. The van der Waals surface area contributed by atoms with Crippen LogP contribution in [0.2, 0.25) is 0 Å². The molecule has 1 aromatic carbocycles. The Morgan fingerprint density at radius 2 is 1.68 bits per heavy atom. The van der Waals surface area contributed by atoms with Crippen LogP contribution >= 0.6 is 0 Å². The Hall–Kier alpha value is -2.76. The zero-order chi connectivity index (χ0) is 17.6. The van der Waals surface area contributed by atoms with Gasteiger partial charge in [0.15, 0.2) is 5.76 Å². The summed E-state index contributed by atoms with van der Waals surface area (Å²) in [5.41, 5.74) is 1.05. The largest absolute Gasteiger partial charge is 0.459 e. The smallest absolute Gasteiger partial charge is 0.289 e. The van der Waals surface area contributed by atoms with E-state index in [1.165, 1.54) is 6.26 Å². The van der Waals surface area contributed by atoms with Crippen LogP contribution in [0, 0.1) is 0 Å². The monoisotopic (exact) mass is 341 g/mol. The maximum Gasteiger partial charge on any atom is 0.289 e. The van der Waals surface area contributed by atoms with Crippen molar-refractivity contribution in [2.45, 2.75) is 6.92 Å². The predicted molar refractivity (Wildman–Crippen MR) is 95.5 cm³/mol. The van der Waals surface area contributed by atoms with Crippen LogP contribution in [0.15, 0.2) is 53.1 Å². The van der Waals surface area contributed by atoms with E-state index >= 15 is 0 Å². The minimum absolute atomic E-state index is 0.0933. The second-order valence-electron chi connectivity index (χ2n) is 6.00. The fourth-order valence-electron chi connectivity index (χ4n) is 3.00. The predicted octanol–water partition coefficient (Wildman–Crippen LogP) is 2.09. The Balaban J connectivity index is 1.54. The van der Waals surface area contributed by atoms with Gasteiger partial charge < -0.3 is 19.1 Å². The van der Waals surface area contributed by atoms with Crippen molar-refractivity contribution >= 4 is 17.5 Å². The van der Waals surface area contributed by atoms with Crippen molar-refractivity contribution in [3.63, 3.8) is 0 Å². The highest BCUT2D eigenvalue weighted by Gasteiger charge is 2.26. The Kier molecular flexibility index (Phi) is 5.38. The van der Waals surface area contributed by atoms with Crippen LogP contribution < -0.4 is 4.90 Å². The first kappa shape index (κ1) is 17.1. The second-order valence-corrected chi connectivity index (χ2v) is 6.00. The van der Waals surface area contributed by atoms with E-state index in [9.17, 15) is 9.59 Å². The van der Waals surface area contributed by atoms with E-state index in [0.29, 0.717) is 38.5 Å². The molecule has 2 amide bonds. The summed E-state index contributed by atoms with van der Waals surface area (Å²) in [5.74, 6) is 0.327. The quantitative estimate of drug-likeness (QED) is 0.836. The molecule has 0 radical (unpaired) electrons. The molecule has 0 saturated carbocycles. The molecular formula is C19H23N3O3. The van der Waals surface area contributed by atoms with Crippen LogP contribution in [0.1, 0.15) is 17.5 Å². The number of hydrogen-bond acceptors (Lipinski definition) is 4. The van der Waals surface area contributed by atoms with Crippen LogP contribution in [-0.2, 0) is 4.79 Å². The Morgan fingerprint density at radius 3 is 2.28 bits per heavy atom. The van der Waals surface area contributed by atoms with E-state index in [-0.39, 0.29) is 11.8 Å². The number of piperazine rings is 1. The maximum absolute atomic E-state index is 12.6. The van der Waals surface area contributed by atoms with Gasteiger partial charge in [0.2, 0.25) is 5.91 Å². The van der Waals surface area contributed by atoms with Crippen molar-refractivity contribution < 1.29 is 14.0 Å². The van der Waals surface area contributed by atoms with Crippen LogP contribution in [0.25, 0.3) is 0 Å². The number of rotatable bonds is 5. The van der Waals surface area contributed by atoms with Crippen molar-refractivity contribution in [2.75, 3.05) is 44.2 Å². The summed E-state index contributed by atoms with van der Waals surface area (Å²) in [7, 11) is 0. The molecule has 0 unspecified atom stereocenters. The molecule has 1 aromatic heterocycles. The molecule has 3 rings (SSSR count). The molecule has 1 fully saturated rings. The maximum atomic E-state index is 12.6. The summed E-state index contributed by atoms with van der Waals surface area (Å²) >= 11 is 0.